The van der Waals surface area contributed by atoms with Crippen LogP contribution in [-0.2, 0) is 19.9 Å². The molecule has 2 aromatic rings. The minimum atomic E-state index is 0.277. The Balaban J connectivity index is 2.21. The average Bonchev–Trinajstić information content (AvgIpc) is 2.76. The Hall–Kier alpha value is -1.32. The Kier molecular flexibility index (Phi) is 4.61. The minimum absolute atomic E-state index is 0.277. The van der Waals surface area contributed by atoms with Crippen LogP contribution in [0.25, 0.3) is 0 Å². The van der Waals surface area contributed by atoms with Gasteiger partial charge < -0.3 is 5.73 Å². The molecule has 4 heteroatoms. The Bertz CT molecular complexity index is 548. The lowest BCUT2D eigenvalue weighted by Crippen LogP contribution is -2.16. The number of halogens is 1. The average molecular weight is 278 g/mol. The van der Waals surface area contributed by atoms with Crippen molar-refractivity contribution in [1.29, 1.82) is 0 Å². The van der Waals surface area contributed by atoms with Gasteiger partial charge >= 0.3 is 0 Å². The lowest BCUT2D eigenvalue weighted by molar-refractivity contribution is 0.628. The monoisotopic (exact) mass is 277 g/mol. The number of hydrogen-bond donors (Lipinski definition) is 1. The fraction of sp³-hybridized carbons (Fsp3) is 0.400. The highest BCUT2D eigenvalue weighted by Crippen LogP contribution is 2.23. The van der Waals surface area contributed by atoms with Crippen LogP contribution in [0.15, 0.2) is 30.3 Å². The molecule has 0 aliphatic heterocycles. The van der Waals surface area contributed by atoms with Gasteiger partial charge in [0.05, 0.1) is 5.69 Å². The zero-order valence-corrected chi connectivity index (χ0v) is 12.2. The molecule has 0 saturated carbocycles. The van der Waals surface area contributed by atoms with E-state index in [1.165, 1.54) is 11.3 Å². The van der Waals surface area contributed by atoms with E-state index in [0.717, 1.165) is 23.6 Å². The molecule has 2 rings (SSSR count). The summed E-state index contributed by atoms with van der Waals surface area (Å²) in [5.41, 5.74) is 9.45. The van der Waals surface area contributed by atoms with E-state index in [2.05, 4.69) is 24.2 Å². The minimum Gasteiger partial charge on any atom is -0.330 e. The van der Waals surface area contributed by atoms with Crippen LogP contribution in [0.2, 0.25) is 5.02 Å². The van der Waals surface area contributed by atoms with Crippen molar-refractivity contribution < 1.29 is 0 Å². The van der Waals surface area contributed by atoms with Gasteiger partial charge in [-0.1, -0.05) is 30.7 Å². The first-order chi connectivity index (χ1) is 9.13. The largest absolute Gasteiger partial charge is 0.330 e. The van der Waals surface area contributed by atoms with Crippen molar-refractivity contribution in [2.24, 2.45) is 12.8 Å². The molecule has 0 saturated heterocycles. The third kappa shape index (κ3) is 3.37. The third-order valence-corrected chi connectivity index (χ3v) is 3.68. The molecule has 0 aliphatic rings. The summed E-state index contributed by atoms with van der Waals surface area (Å²) >= 11 is 6.05. The first-order valence-corrected chi connectivity index (χ1v) is 6.99. The zero-order valence-electron chi connectivity index (χ0n) is 11.4. The van der Waals surface area contributed by atoms with Gasteiger partial charge in [-0.2, -0.15) is 5.10 Å². The standard InChI is InChI=1S/C15H20ClN3/c1-3-14-9-15(19(2)18-14)8-12(10-17)11-5-4-6-13(16)7-11/h4-7,9,12H,3,8,10,17H2,1-2H3. The van der Waals surface area contributed by atoms with E-state index in [1.807, 2.05) is 29.9 Å². The van der Waals surface area contributed by atoms with E-state index in [0.29, 0.717) is 6.54 Å². The number of hydrogen-bond acceptors (Lipinski definition) is 2. The van der Waals surface area contributed by atoms with E-state index >= 15 is 0 Å². The second kappa shape index (κ2) is 6.22. The van der Waals surface area contributed by atoms with Crippen molar-refractivity contribution >= 4 is 11.6 Å². The molecular weight excluding hydrogens is 258 g/mol. The highest BCUT2D eigenvalue weighted by molar-refractivity contribution is 6.30. The number of benzene rings is 1. The number of rotatable bonds is 5. The quantitative estimate of drug-likeness (QED) is 0.913. The van der Waals surface area contributed by atoms with Gasteiger partial charge in [-0.25, -0.2) is 0 Å². The summed E-state index contributed by atoms with van der Waals surface area (Å²) in [7, 11) is 1.99. The molecule has 0 spiro atoms. The highest BCUT2D eigenvalue weighted by Gasteiger charge is 2.14. The van der Waals surface area contributed by atoms with E-state index in [1.54, 1.807) is 0 Å². The maximum absolute atomic E-state index is 6.05. The molecule has 3 nitrogen and oxygen atoms in total. The van der Waals surface area contributed by atoms with Gasteiger partial charge in [0.1, 0.15) is 0 Å². The number of aryl methyl sites for hydroxylation is 2. The second-order valence-electron chi connectivity index (χ2n) is 4.80. The van der Waals surface area contributed by atoms with E-state index in [4.69, 9.17) is 17.3 Å². The smallest absolute Gasteiger partial charge is 0.0624 e. The van der Waals surface area contributed by atoms with Gasteiger partial charge in [-0.05, 0) is 43.1 Å². The molecule has 0 aliphatic carbocycles. The van der Waals surface area contributed by atoms with Crippen LogP contribution in [0, 0.1) is 0 Å². The van der Waals surface area contributed by atoms with E-state index < -0.39 is 0 Å². The van der Waals surface area contributed by atoms with Crippen LogP contribution < -0.4 is 5.73 Å². The summed E-state index contributed by atoms with van der Waals surface area (Å²) in [6.45, 7) is 2.72. The van der Waals surface area contributed by atoms with E-state index in [9.17, 15) is 0 Å². The predicted molar refractivity (Wildman–Crippen MR) is 79.5 cm³/mol. The fourth-order valence-electron chi connectivity index (χ4n) is 2.29. The lowest BCUT2D eigenvalue weighted by Gasteiger charge is -2.15. The van der Waals surface area contributed by atoms with Gasteiger partial charge in [0.25, 0.3) is 0 Å². The zero-order chi connectivity index (χ0) is 13.8. The Morgan fingerprint density at radius 1 is 1.37 bits per heavy atom. The summed E-state index contributed by atoms with van der Waals surface area (Å²) < 4.78 is 1.95. The SMILES string of the molecule is CCc1cc(CC(CN)c2cccc(Cl)c2)n(C)n1. The van der Waals surface area contributed by atoms with Crippen molar-refractivity contribution in [2.75, 3.05) is 6.54 Å². The Morgan fingerprint density at radius 2 is 2.16 bits per heavy atom. The molecule has 0 amide bonds. The highest BCUT2D eigenvalue weighted by atomic mass is 35.5. The van der Waals surface area contributed by atoms with Gasteiger partial charge in [0, 0.05) is 23.7 Å². The predicted octanol–water partition coefficient (Wildman–Crippen LogP) is 2.92. The first kappa shape index (κ1) is 14.1. The van der Waals surface area contributed by atoms with Crippen LogP contribution in [-0.4, -0.2) is 16.3 Å². The van der Waals surface area contributed by atoms with Crippen LogP contribution in [0.5, 0.6) is 0 Å². The lowest BCUT2D eigenvalue weighted by atomic mass is 9.94. The van der Waals surface area contributed by atoms with Gasteiger partial charge in [0.15, 0.2) is 0 Å². The topological polar surface area (TPSA) is 43.8 Å². The van der Waals surface area contributed by atoms with Crippen LogP contribution in [0.4, 0.5) is 0 Å². The molecule has 102 valence electrons. The third-order valence-electron chi connectivity index (χ3n) is 3.45. The molecule has 0 bridgehead atoms. The molecule has 1 aromatic carbocycles. The van der Waals surface area contributed by atoms with Crippen molar-refractivity contribution in [2.45, 2.75) is 25.7 Å². The molecule has 1 aromatic heterocycles. The summed E-state index contributed by atoms with van der Waals surface area (Å²) in [6.07, 6.45) is 1.85. The van der Waals surface area contributed by atoms with Gasteiger partial charge in [-0.15, -0.1) is 0 Å². The molecular formula is C15H20ClN3. The molecule has 1 atom stereocenters. The molecule has 0 fully saturated rings. The fourth-order valence-corrected chi connectivity index (χ4v) is 2.48. The summed E-state index contributed by atoms with van der Waals surface area (Å²) in [6, 6.07) is 10.1. The van der Waals surface area contributed by atoms with Gasteiger partial charge in [0.2, 0.25) is 0 Å². The maximum atomic E-state index is 6.05. The van der Waals surface area contributed by atoms with Gasteiger partial charge in [-0.3, -0.25) is 4.68 Å². The van der Waals surface area contributed by atoms with Crippen molar-refractivity contribution in [1.82, 2.24) is 9.78 Å². The molecule has 1 unspecified atom stereocenters. The first-order valence-electron chi connectivity index (χ1n) is 6.61. The van der Waals surface area contributed by atoms with Crippen molar-refractivity contribution in [3.63, 3.8) is 0 Å². The van der Waals surface area contributed by atoms with Crippen molar-refractivity contribution in [3.05, 3.63) is 52.3 Å². The van der Waals surface area contributed by atoms with Crippen LogP contribution in [0.3, 0.4) is 0 Å². The summed E-state index contributed by atoms with van der Waals surface area (Å²) in [5, 5.41) is 5.24. The Labute approximate surface area is 119 Å². The number of nitrogens with two attached hydrogens (primary N) is 1. The Morgan fingerprint density at radius 3 is 2.74 bits per heavy atom. The molecule has 19 heavy (non-hydrogen) atoms. The van der Waals surface area contributed by atoms with Crippen LogP contribution in [0.1, 0.15) is 29.8 Å². The van der Waals surface area contributed by atoms with E-state index in [-0.39, 0.29) is 5.92 Å². The van der Waals surface area contributed by atoms with Crippen molar-refractivity contribution in [3.8, 4) is 0 Å². The second-order valence-corrected chi connectivity index (χ2v) is 5.23. The number of aromatic nitrogens is 2. The van der Waals surface area contributed by atoms with Crippen LogP contribution >= 0.6 is 11.6 Å². The summed E-state index contributed by atoms with van der Waals surface area (Å²) in [5.74, 6) is 0.277. The summed E-state index contributed by atoms with van der Waals surface area (Å²) in [4.78, 5) is 0. The molecule has 0 radical (unpaired) electrons. The molecule has 1 heterocycles. The maximum Gasteiger partial charge on any atom is 0.0624 e. The molecule has 2 N–H and O–H groups in total. The number of nitrogens with zero attached hydrogens (tertiary/aromatic N) is 2. The normalized spacial score (nSPS) is 12.6.